The van der Waals surface area contributed by atoms with E-state index in [4.69, 9.17) is 16.5 Å². The van der Waals surface area contributed by atoms with Crippen molar-refractivity contribution in [2.24, 2.45) is 0 Å². The van der Waals surface area contributed by atoms with Crippen LogP contribution in [0.4, 0.5) is 0 Å². The van der Waals surface area contributed by atoms with Gasteiger partial charge in [0.15, 0.2) is 0 Å². The summed E-state index contributed by atoms with van der Waals surface area (Å²) >= 11 is 1.00. The van der Waals surface area contributed by atoms with Gasteiger partial charge in [0, 0.05) is 0 Å². The summed E-state index contributed by atoms with van der Waals surface area (Å²) in [4.78, 5) is 0. The fourth-order valence-electron chi connectivity index (χ4n) is 0. The summed E-state index contributed by atoms with van der Waals surface area (Å²) in [5, 5.41) is 0. The molecule has 0 radical (unpaired) electrons. The Bertz CT molecular complexity index is 4.00. The van der Waals surface area contributed by atoms with Crippen LogP contribution in [0, 0.1) is 0 Å². The molecule has 4 heteroatoms. The second kappa shape index (κ2) is 18.0. The molecule has 0 saturated carbocycles. The van der Waals surface area contributed by atoms with Gasteiger partial charge in [0.25, 0.3) is 0 Å². The molecule has 0 bridgehead atoms. The zero-order chi connectivity index (χ0) is 4.00. The fraction of sp³-hybridized carbons (Fsp3) is 0. The summed E-state index contributed by atoms with van der Waals surface area (Å²) in [5.74, 6) is 0. The molecule has 0 aliphatic heterocycles. The van der Waals surface area contributed by atoms with Crippen molar-refractivity contribution < 1.29 is 49.8 Å². The van der Waals surface area contributed by atoms with Crippen LogP contribution in [0.1, 0.15) is 0 Å². The van der Waals surface area contributed by atoms with Gasteiger partial charge in [-0.2, -0.15) is 0 Å². The molecule has 0 fully saturated rings. The van der Waals surface area contributed by atoms with Gasteiger partial charge in [-0.1, -0.05) is 0 Å². The Kier molecular flexibility index (Phi) is 43.5. The number of rotatable bonds is 0. The van der Waals surface area contributed by atoms with E-state index in [0.29, 0.717) is 49.8 Å². The van der Waals surface area contributed by atoms with Crippen LogP contribution < -0.4 is 0 Å². The molecular formula is Cl2Hg2. The van der Waals surface area contributed by atoms with E-state index in [9.17, 15) is 0 Å². The molecule has 18 valence electrons. The summed E-state index contributed by atoms with van der Waals surface area (Å²) in [6, 6.07) is 0. The molecule has 0 N–H and O–H groups in total. The van der Waals surface area contributed by atoms with Crippen LogP contribution in [0.15, 0.2) is 0 Å². The molecule has 0 rings (SSSR count). The van der Waals surface area contributed by atoms with Crippen molar-refractivity contribution in [3.63, 3.8) is 0 Å². The Morgan fingerprint density at radius 2 is 0.750 bits per heavy atom. The molecule has 0 aliphatic rings. The Hall–Kier alpha value is 2.45. The van der Waals surface area contributed by atoms with E-state index in [1.807, 2.05) is 0 Å². The van der Waals surface area contributed by atoms with Gasteiger partial charge in [-0.15, -0.1) is 0 Å². The van der Waals surface area contributed by atoms with Gasteiger partial charge in [0.1, 0.15) is 0 Å². The summed E-state index contributed by atoms with van der Waals surface area (Å²) in [7, 11) is 9.67. The Morgan fingerprint density at radius 1 is 0.750 bits per heavy atom. The molecule has 0 aliphatic carbocycles. The van der Waals surface area contributed by atoms with Crippen LogP contribution in [0.3, 0.4) is 0 Å². The first-order valence-electron chi connectivity index (χ1n) is 0.535. The van der Waals surface area contributed by atoms with Crippen molar-refractivity contribution in [2.75, 3.05) is 0 Å². The maximum absolute atomic E-state index is 4.83. The molecule has 0 nitrogen and oxygen atoms in total. The molecule has 0 amide bonds. The third-order valence-corrected chi connectivity index (χ3v) is 0. The van der Waals surface area contributed by atoms with E-state index < -0.39 is 0 Å². The summed E-state index contributed by atoms with van der Waals surface area (Å²) in [6.07, 6.45) is 0. The third kappa shape index (κ3) is 8.82. The average molecular weight is 472 g/mol. The number of hydrogen-bond acceptors (Lipinski definition) is 0. The number of halogens is 2. The van der Waals surface area contributed by atoms with Crippen LogP contribution in [-0.4, -0.2) is 0 Å². The first-order valence-corrected chi connectivity index (χ1v) is 14.1. The molecule has 0 heterocycles. The van der Waals surface area contributed by atoms with Gasteiger partial charge in [0.05, 0.1) is 0 Å². The molecule has 0 unspecified atom stereocenters. The van der Waals surface area contributed by atoms with E-state index in [1.165, 1.54) is 0 Å². The molecular weight excluding hydrogens is 472 g/mol. The quantitative estimate of drug-likeness (QED) is 0.468. The molecule has 0 atom stereocenters. The Morgan fingerprint density at radius 3 is 0.750 bits per heavy atom. The van der Waals surface area contributed by atoms with Crippen molar-refractivity contribution in [2.45, 2.75) is 0 Å². The van der Waals surface area contributed by atoms with Crippen molar-refractivity contribution in [1.82, 2.24) is 0 Å². The van der Waals surface area contributed by atoms with E-state index in [2.05, 4.69) is 0 Å². The molecule has 0 aromatic rings. The second-order valence-electron chi connectivity index (χ2n) is 0. The van der Waals surface area contributed by atoms with Crippen molar-refractivity contribution in [3.8, 4) is 0 Å². The van der Waals surface area contributed by atoms with E-state index in [0.717, 1.165) is 0 Å². The molecule has 0 saturated heterocycles. The van der Waals surface area contributed by atoms with E-state index >= 15 is 0 Å². The van der Waals surface area contributed by atoms with E-state index in [1.54, 1.807) is 0 Å². The SMILES string of the molecule is [Cl][Hg].[Cl][Hg]. The van der Waals surface area contributed by atoms with Crippen LogP contribution in [0.5, 0.6) is 0 Å². The summed E-state index contributed by atoms with van der Waals surface area (Å²) in [5.41, 5.74) is 0. The van der Waals surface area contributed by atoms with Gasteiger partial charge in [-0.25, -0.2) is 0 Å². The number of hydrogen-bond donors (Lipinski definition) is 0. The summed E-state index contributed by atoms with van der Waals surface area (Å²) in [6.45, 7) is 0. The van der Waals surface area contributed by atoms with Crippen LogP contribution in [0.2, 0.25) is 0 Å². The maximum atomic E-state index is 4.83. The first-order chi connectivity index (χ1) is 2.00. The second-order valence-corrected chi connectivity index (χ2v) is 0. The average Bonchev–Trinajstić information content (AvgIpc) is 1.50. The standard InChI is InChI=1S/2ClH.2Hg/h2*1H;;/q;;2*+1/p-2. The van der Waals surface area contributed by atoms with Gasteiger partial charge in [0.2, 0.25) is 0 Å². The van der Waals surface area contributed by atoms with Crippen LogP contribution in [0.25, 0.3) is 0 Å². The van der Waals surface area contributed by atoms with Gasteiger partial charge in [-0.3, -0.25) is 0 Å². The van der Waals surface area contributed by atoms with Gasteiger partial charge in [-0.05, 0) is 0 Å². The normalized spacial score (nSPS) is 3.50. The summed E-state index contributed by atoms with van der Waals surface area (Å²) < 4.78 is 0. The van der Waals surface area contributed by atoms with Crippen molar-refractivity contribution >= 4 is 16.5 Å². The Labute approximate surface area is 65.1 Å². The first kappa shape index (κ1) is 9.67. The van der Waals surface area contributed by atoms with Crippen LogP contribution in [-0.2, 0) is 49.8 Å². The van der Waals surface area contributed by atoms with Crippen LogP contribution >= 0.6 is 16.5 Å². The zero-order valence-corrected chi connectivity index (χ0v) is 14.7. The monoisotopic (exact) mass is 474 g/mol. The predicted molar refractivity (Wildman–Crippen MR) is 11.7 cm³/mol. The molecule has 0 aromatic carbocycles. The molecule has 4 heavy (non-hydrogen) atoms. The van der Waals surface area contributed by atoms with Crippen molar-refractivity contribution in [3.05, 3.63) is 0 Å². The van der Waals surface area contributed by atoms with Gasteiger partial charge >= 0.3 is 66.3 Å². The fourth-order valence-corrected chi connectivity index (χ4v) is 0. The zero-order valence-electron chi connectivity index (χ0n) is 2.17. The Balaban J connectivity index is 0. The minimum absolute atomic E-state index is 0.500. The van der Waals surface area contributed by atoms with Gasteiger partial charge < -0.3 is 0 Å². The van der Waals surface area contributed by atoms with Crippen molar-refractivity contribution in [1.29, 1.82) is 0 Å². The van der Waals surface area contributed by atoms with E-state index in [-0.39, 0.29) is 0 Å². The minimum atomic E-state index is 0.500. The molecule has 0 aromatic heterocycles. The predicted octanol–water partition coefficient (Wildman–Crippen LogP) is 1.37. The molecule has 0 spiro atoms. The third-order valence-electron chi connectivity index (χ3n) is 0. The topological polar surface area (TPSA) is 0 Å².